The zero-order chi connectivity index (χ0) is 19.5. The summed E-state index contributed by atoms with van der Waals surface area (Å²) in [7, 11) is 0. The van der Waals surface area contributed by atoms with Gasteiger partial charge in [0.05, 0.1) is 16.8 Å². The van der Waals surface area contributed by atoms with Gasteiger partial charge in [-0.3, -0.25) is 4.79 Å². The van der Waals surface area contributed by atoms with E-state index in [1.54, 1.807) is 0 Å². The molecular formula is C25H22N2O. The fourth-order valence-electron chi connectivity index (χ4n) is 3.22. The van der Waals surface area contributed by atoms with Crippen molar-refractivity contribution in [3.05, 3.63) is 101 Å². The van der Waals surface area contributed by atoms with E-state index in [9.17, 15) is 4.79 Å². The molecule has 1 aromatic heterocycles. The molecule has 3 heteroatoms. The maximum Gasteiger partial charge on any atom is 0.252 e. The number of pyridine rings is 1. The first kappa shape index (κ1) is 17.9. The number of hydrogen-bond donors (Lipinski definition) is 1. The standard InChI is InChI=1S/C25H22N2O/c1-17-7-11-19(12-8-17)16-26-25(28)22-15-24(20-13-9-18(2)10-14-20)27-23-6-4-3-5-21(22)23/h3-15H,16H2,1-2H3,(H,26,28). The Hall–Kier alpha value is -3.46. The van der Waals surface area contributed by atoms with Crippen LogP contribution in [0.4, 0.5) is 0 Å². The average Bonchev–Trinajstić information content (AvgIpc) is 2.73. The van der Waals surface area contributed by atoms with Crippen LogP contribution in [0.2, 0.25) is 0 Å². The van der Waals surface area contributed by atoms with Gasteiger partial charge in [0.2, 0.25) is 0 Å². The van der Waals surface area contributed by atoms with Gasteiger partial charge in [-0.15, -0.1) is 0 Å². The molecule has 4 aromatic rings. The van der Waals surface area contributed by atoms with E-state index in [-0.39, 0.29) is 5.91 Å². The third-order valence-corrected chi connectivity index (χ3v) is 4.88. The number of nitrogens with one attached hydrogen (secondary N) is 1. The van der Waals surface area contributed by atoms with E-state index >= 15 is 0 Å². The van der Waals surface area contributed by atoms with Crippen molar-refractivity contribution in [2.45, 2.75) is 20.4 Å². The van der Waals surface area contributed by atoms with Gasteiger partial charge >= 0.3 is 0 Å². The lowest BCUT2D eigenvalue weighted by Gasteiger charge is -2.11. The fourth-order valence-corrected chi connectivity index (χ4v) is 3.22. The van der Waals surface area contributed by atoms with Crippen LogP contribution in [-0.4, -0.2) is 10.9 Å². The summed E-state index contributed by atoms with van der Waals surface area (Å²) in [4.78, 5) is 17.8. The molecule has 138 valence electrons. The number of benzene rings is 3. The lowest BCUT2D eigenvalue weighted by Crippen LogP contribution is -2.23. The van der Waals surface area contributed by atoms with Crippen molar-refractivity contribution in [1.82, 2.24) is 10.3 Å². The van der Waals surface area contributed by atoms with Crippen LogP contribution in [0.3, 0.4) is 0 Å². The number of hydrogen-bond acceptors (Lipinski definition) is 2. The van der Waals surface area contributed by atoms with E-state index in [1.165, 1.54) is 11.1 Å². The Morgan fingerprint density at radius 1 is 0.857 bits per heavy atom. The Kier molecular flexibility index (Phi) is 4.90. The summed E-state index contributed by atoms with van der Waals surface area (Å²) in [5.41, 5.74) is 6.76. The number of rotatable bonds is 4. The lowest BCUT2D eigenvalue weighted by molar-refractivity contribution is 0.0952. The number of aryl methyl sites for hydroxylation is 2. The van der Waals surface area contributed by atoms with Crippen molar-refractivity contribution < 1.29 is 4.79 Å². The Morgan fingerprint density at radius 2 is 1.50 bits per heavy atom. The van der Waals surface area contributed by atoms with E-state index in [1.807, 2.05) is 54.6 Å². The second kappa shape index (κ2) is 7.65. The van der Waals surface area contributed by atoms with Crippen LogP contribution in [0, 0.1) is 13.8 Å². The van der Waals surface area contributed by atoms with Crippen molar-refractivity contribution in [2.24, 2.45) is 0 Å². The van der Waals surface area contributed by atoms with E-state index in [0.717, 1.165) is 27.7 Å². The van der Waals surface area contributed by atoms with Gasteiger partial charge in [0.25, 0.3) is 5.91 Å². The molecule has 0 radical (unpaired) electrons. The number of nitrogens with zero attached hydrogens (tertiary/aromatic N) is 1. The molecule has 0 aliphatic heterocycles. The summed E-state index contributed by atoms with van der Waals surface area (Å²) < 4.78 is 0. The molecule has 4 rings (SSSR count). The smallest absolute Gasteiger partial charge is 0.252 e. The van der Waals surface area contributed by atoms with E-state index in [2.05, 4.69) is 43.4 Å². The Morgan fingerprint density at radius 3 is 2.21 bits per heavy atom. The summed E-state index contributed by atoms with van der Waals surface area (Å²) in [6, 6.07) is 26.1. The third kappa shape index (κ3) is 3.79. The second-order valence-electron chi connectivity index (χ2n) is 7.11. The van der Waals surface area contributed by atoms with Gasteiger partial charge < -0.3 is 5.32 Å². The molecule has 0 unspecified atom stereocenters. The molecule has 0 bridgehead atoms. The number of carbonyl (C=O) groups excluding carboxylic acids is 1. The highest BCUT2D eigenvalue weighted by Gasteiger charge is 2.13. The van der Waals surface area contributed by atoms with E-state index < -0.39 is 0 Å². The largest absolute Gasteiger partial charge is 0.348 e. The summed E-state index contributed by atoms with van der Waals surface area (Å²) >= 11 is 0. The summed E-state index contributed by atoms with van der Waals surface area (Å²) in [6.07, 6.45) is 0. The van der Waals surface area contributed by atoms with Gasteiger partial charge in [-0.25, -0.2) is 4.98 Å². The first-order valence-electron chi connectivity index (χ1n) is 9.41. The fraction of sp³-hybridized carbons (Fsp3) is 0.120. The van der Waals surface area contributed by atoms with Crippen LogP contribution < -0.4 is 5.32 Å². The molecule has 0 spiro atoms. The number of fused-ring (bicyclic) bond motifs is 1. The van der Waals surface area contributed by atoms with Crippen molar-refractivity contribution >= 4 is 16.8 Å². The second-order valence-corrected chi connectivity index (χ2v) is 7.11. The van der Waals surface area contributed by atoms with E-state index in [4.69, 9.17) is 4.98 Å². The minimum absolute atomic E-state index is 0.0902. The molecular weight excluding hydrogens is 344 g/mol. The highest BCUT2D eigenvalue weighted by Crippen LogP contribution is 2.25. The zero-order valence-corrected chi connectivity index (χ0v) is 16.1. The van der Waals surface area contributed by atoms with Crippen molar-refractivity contribution in [3.63, 3.8) is 0 Å². The highest BCUT2D eigenvalue weighted by molar-refractivity contribution is 6.07. The Labute approximate surface area is 165 Å². The molecule has 1 amide bonds. The van der Waals surface area contributed by atoms with Crippen LogP contribution in [0.1, 0.15) is 27.0 Å². The summed E-state index contributed by atoms with van der Waals surface area (Å²) in [5.74, 6) is -0.0902. The van der Waals surface area contributed by atoms with Gasteiger partial charge in [-0.2, -0.15) is 0 Å². The van der Waals surface area contributed by atoms with Gasteiger partial charge in [-0.05, 0) is 31.5 Å². The predicted octanol–water partition coefficient (Wildman–Crippen LogP) is 5.45. The van der Waals surface area contributed by atoms with Crippen LogP contribution in [-0.2, 0) is 6.54 Å². The SMILES string of the molecule is Cc1ccc(CNC(=O)c2cc(-c3ccc(C)cc3)nc3ccccc23)cc1. The van der Waals surface area contributed by atoms with Gasteiger partial charge in [0.15, 0.2) is 0 Å². The monoisotopic (exact) mass is 366 g/mol. The number of para-hydroxylation sites is 1. The maximum atomic E-state index is 13.0. The average molecular weight is 366 g/mol. The topological polar surface area (TPSA) is 42.0 Å². The highest BCUT2D eigenvalue weighted by atomic mass is 16.1. The zero-order valence-electron chi connectivity index (χ0n) is 16.1. The Balaban J connectivity index is 1.69. The van der Waals surface area contributed by atoms with Crippen molar-refractivity contribution in [1.29, 1.82) is 0 Å². The molecule has 3 nitrogen and oxygen atoms in total. The molecule has 0 saturated carbocycles. The normalized spacial score (nSPS) is 10.8. The molecule has 0 saturated heterocycles. The summed E-state index contributed by atoms with van der Waals surface area (Å²) in [5, 5.41) is 3.91. The van der Waals surface area contributed by atoms with Gasteiger partial charge in [-0.1, -0.05) is 77.9 Å². The molecule has 28 heavy (non-hydrogen) atoms. The predicted molar refractivity (Wildman–Crippen MR) is 114 cm³/mol. The molecule has 1 N–H and O–H groups in total. The molecule has 0 atom stereocenters. The molecule has 0 aliphatic rings. The van der Waals surface area contributed by atoms with Gasteiger partial charge in [0.1, 0.15) is 0 Å². The molecule has 0 fully saturated rings. The minimum Gasteiger partial charge on any atom is -0.348 e. The lowest BCUT2D eigenvalue weighted by atomic mass is 10.0. The maximum absolute atomic E-state index is 13.0. The van der Waals surface area contributed by atoms with Gasteiger partial charge in [0, 0.05) is 17.5 Å². The number of aromatic nitrogens is 1. The van der Waals surface area contributed by atoms with Crippen molar-refractivity contribution in [3.8, 4) is 11.3 Å². The van der Waals surface area contributed by atoms with E-state index in [0.29, 0.717) is 12.1 Å². The van der Waals surface area contributed by atoms with Crippen LogP contribution in [0.15, 0.2) is 78.9 Å². The molecule has 1 heterocycles. The van der Waals surface area contributed by atoms with Crippen LogP contribution in [0.25, 0.3) is 22.2 Å². The minimum atomic E-state index is -0.0902. The molecule has 0 aliphatic carbocycles. The number of amides is 1. The van der Waals surface area contributed by atoms with Crippen molar-refractivity contribution in [2.75, 3.05) is 0 Å². The quantitative estimate of drug-likeness (QED) is 0.522. The first-order chi connectivity index (χ1) is 13.6. The van der Waals surface area contributed by atoms with Crippen LogP contribution in [0.5, 0.6) is 0 Å². The third-order valence-electron chi connectivity index (χ3n) is 4.88. The number of carbonyl (C=O) groups is 1. The summed E-state index contributed by atoms with van der Waals surface area (Å²) in [6.45, 7) is 4.61. The first-order valence-corrected chi connectivity index (χ1v) is 9.41. The Bertz CT molecular complexity index is 1130. The molecule has 3 aromatic carbocycles. The van der Waals surface area contributed by atoms with Crippen LogP contribution >= 0.6 is 0 Å².